The van der Waals surface area contributed by atoms with Gasteiger partial charge < -0.3 is 14.6 Å². The normalized spacial score (nSPS) is 24.9. The van der Waals surface area contributed by atoms with E-state index in [2.05, 4.69) is 0 Å². The van der Waals surface area contributed by atoms with E-state index in [9.17, 15) is 9.90 Å². The minimum absolute atomic E-state index is 0.265. The van der Waals surface area contributed by atoms with Crippen molar-refractivity contribution in [3.05, 3.63) is 0 Å². The fourth-order valence-electron chi connectivity index (χ4n) is 1.95. The first-order chi connectivity index (χ1) is 8.12. The highest BCUT2D eigenvalue weighted by molar-refractivity contribution is 5.81. The average molecular weight is 261 g/mol. The molecule has 1 aliphatic heterocycles. The van der Waals surface area contributed by atoms with Gasteiger partial charge >= 0.3 is 0 Å². The van der Waals surface area contributed by atoms with Crippen molar-refractivity contribution in [2.45, 2.75) is 45.7 Å². The van der Waals surface area contributed by atoms with Gasteiger partial charge in [0.1, 0.15) is 6.10 Å². The van der Waals surface area contributed by atoms with E-state index in [4.69, 9.17) is 14.3 Å². The summed E-state index contributed by atoms with van der Waals surface area (Å²) >= 11 is 0. The van der Waals surface area contributed by atoms with Crippen LogP contribution in [0.4, 0.5) is 0 Å². The molecule has 0 saturated carbocycles. The number of hydroxylamine groups is 2. The first kappa shape index (κ1) is 15.4. The van der Waals surface area contributed by atoms with E-state index in [1.54, 1.807) is 27.7 Å². The van der Waals surface area contributed by atoms with Gasteiger partial charge in [-0.15, -0.1) is 0 Å². The largest absolute Gasteiger partial charge is 0.389 e. The Bertz CT molecular complexity index is 316. The Hall–Kier alpha value is -0.690. The van der Waals surface area contributed by atoms with Gasteiger partial charge in [0.15, 0.2) is 5.79 Å². The molecule has 0 aromatic heterocycles. The summed E-state index contributed by atoms with van der Waals surface area (Å²) in [5.41, 5.74) is -1.01. The number of ether oxygens (including phenoxy) is 2. The van der Waals surface area contributed by atoms with Crippen LogP contribution in [-0.4, -0.2) is 54.8 Å². The third-order valence-electron chi connectivity index (χ3n) is 3.23. The molecule has 18 heavy (non-hydrogen) atoms. The fraction of sp³-hybridized carbons (Fsp3) is 0.917. The van der Waals surface area contributed by atoms with Gasteiger partial charge in [0.25, 0.3) is 5.91 Å². The molecule has 6 heteroatoms. The molecule has 1 N–H and O–H groups in total. The van der Waals surface area contributed by atoms with Crippen molar-refractivity contribution < 1.29 is 24.2 Å². The van der Waals surface area contributed by atoms with E-state index >= 15 is 0 Å². The van der Waals surface area contributed by atoms with Gasteiger partial charge in [-0.25, -0.2) is 5.06 Å². The molecule has 0 aromatic rings. The molecule has 0 aliphatic carbocycles. The summed E-state index contributed by atoms with van der Waals surface area (Å²) in [6.45, 7) is 7.13. The highest BCUT2D eigenvalue weighted by Crippen LogP contribution is 2.33. The molecule has 1 rings (SSSR count). The summed E-state index contributed by atoms with van der Waals surface area (Å²) in [6, 6.07) is 0. The number of amides is 1. The molecular weight excluding hydrogens is 238 g/mol. The van der Waals surface area contributed by atoms with Crippen molar-refractivity contribution in [1.29, 1.82) is 0 Å². The summed E-state index contributed by atoms with van der Waals surface area (Å²) < 4.78 is 11.0. The van der Waals surface area contributed by atoms with Crippen molar-refractivity contribution in [3.8, 4) is 0 Å². The molecule has 0 aromatic carbocycles. The quantitative estimate of drug-likeness (QED) is 0.748. The van der Waals surface area contributed by atoms with E-state index < -0.39 is 23.4 Å². The summed E-state index contributed by atoms with van der Waals surface area (Å²) in [5.74, 6) is -1.04. The smallest absolute Gasteiger partial charge is 0.254 e. The van der Waals surface area contributed by atoms with Crippen LogP contribution >= 0.6 is 0 Å². The zero-order valence-electron chi connectivity index (χ0n) is 11.9. The molecular formula is C12H23NO5. The molecule has 6 nitrogen and oxygen atoms in total. The maximum atomic E-state index is 12.1. The number of hydrogen-bond donors (Lipinski definition) is 1. The van der Waals surface area contributed by atoms with E-state index in [0.717, 1.165) is 5.06 Å². The predicted molar refractivity (Wildman–Crippen MR) is 64.5 cm³/mol. The highest BCUT2D eigenvalue weighted by atomic mass is 16.7. The lowest BCUT2D eigenvalue weighted by Crippen LogP contribution is -2.50. The lowest BCUT2D eigenvalue weighted by molar-refractivity contribution is -0.194. The molecule has 0 bridgehead atoms. The first-order valence-electron chi connectivity index (χ1n) is 5.94. The Morgan fingerprint density at radius 3 is 2.50 bits per heavy atom. The van der Waals surface area contributed by atoms with Crippen LogP contribution < -0.4 is 0 Å². The third-order valence-corrected chi connectivity index (χ3v) is 3.23. The molecule has 0 spiro atoms. The molecule has 0 radical (unpaired) electrons. The standard InChI is InChI=1S/C12H23NO5/c1-11(2,10(15)13(5)16-6)9(14)8-7-17-12(3,4)18-8/h8-9,14H,7H2,1-6H3/t8-,9+/m0/s1. The number of nitrogens with zero attached hydrogens (tertiary/aromatic N) is 1. The lowest BCUT2D eigenvalue weighted by Gasteiger charge is -2.34. The summed E-state index contributed by atoms with van der Waals surface area (Å²) in [4.78, 5) is 17.0. The highest BCUT2D eigenvalue weighted by Gasteiger charge is 2.47. The minimum Gasteiger partial charge on any atom is -0.389 e. The van der Waals surface area contributed by atoms with E-state index in [0.29, 0.717) is 0 Å². The second-order valence-electron chi connectivity index (χ2n) is 5.52. The molecule has 1 amide bonds. The summed E-state index contributed by atoms with van der Waals surface area (Å²) in [5, 5.41) is 11.4. The van der Waals surface area contributed by atoms with E-state index in [1.165, 1.54) is 14.2 Å². The monoisotopic (exact) mass is 261 g/mol. The maximum Gasteiger partial charge on any atom is 0.254 e. The van der Waals surface area contributed by atoms with Crippen LogP contribution in [0, 0.1) is 5.41 Å². The van der Waals surface area contributed by atoms with Crippen LogP contribution in [0.2, 0.25) is 0 Å². The predicted octanol–water partition coefficient (Wildman–Crippen LogP) is 0.545. The fourth-order valence-corrected chi connectivity index (χ4v) is 1.95. The topological polar surface area (TPSA) is 68.2 Å². The van der Waals surface area contributed by atoms with Crippen molar-refractivity contribution in [2.75, 3.05) is 20.8 Å². The number of rotatable bonds is 4. The van der Waals surface area contributed by atoms with E-state index in [-0.39, 0.29) is 12.5 Å². The number of hydrogen-bond acceptors (Lipinski definition) is 5. The Labute approximate surface area is 108 Å². The number of carbonyl (C=O) groups is 1. The zero-order valence-corrected chi connectivity index (χ0v) is 11.9. The first-order valence-corrected chi connectivity index (χ1v) is 5.94. The van der Waals surface area contributed by atoms with Crippen LogP contribution in [0.15, 0.2) is 0 Å². The maximum absolute atomic E-state index is 12.1. The Morgan fingerprint density at radius 2 is 2.11 bits per heavy atom. The summed E-state index contributed by atoms with van der Waals surface area (Å²) in [7, 11) is 2.91. The van der Waals surface area contributed by atoms with Crippen LogP contribution in [0.3, 0.4) is 0 Å². The zero-order chi connectivity index (χ0) is 14.1. The van der Waals surface area contributed by atoms with Crippen LogP contribution in [-0.2, 0) is 19.1 Å². The number of aliphatic hydroxyl groups is 1. The van der Waals surface area contributed by atoms with Crippen molar-refractivity contribution in [2.24, 2.45) is 5.41 Å². The molecule has 1 heterocycles. The van der Waals surface area contributed by atoms with Crippen LogP contribution in [0.5, 0.6) is 0 Å². The van der Waals surface area contributed by atoms with E-state index in [1.807, 2.05) is 0 Å². The third kappa shape index (κ3) is 3.00. The van der Waals surface area contributed by atoms with Crippen molar-refractivity contribution in [1.82, 2.24) is 5.06 Å². The van der Waals surface area contributed by atoms with Gasteiger partial charge in [-0.2, -0.15) is 0 Å². The van der Waals surface area contributed by atoms with Gasteiger partial charge in [0, 0.05) is 7.05 Å². The second-order valence-corrected chi connectivity index (χ2v) is 5.52. The molecule has 2 atom stereocenters. The summed E-state index contributed by atoms with van der Waals surface area (Å²) in [6.07, 6.45) is -1.49. The SMILES string of the molecule is CON(C)C(=O)C(C)(C)[C@H](O)[C@@H]1COC(C)(C)O1. The van der Waals surface area contributed by atoms with Crippen molar-refractivity contribution in [3.63, 3.8) is 0 Å². The number of aliphatic hydroxyl groups excluding tert-OH is 1. The Morgan fingerprint density at radius 1 is 1.56 bits per heavy atom. The van der Waals surface area contributed by atoms with Crippen LogP contribution in [0.1, 0.15) is 27.7 Å². The molecule has 0 unspecified atom stereocenters. The Balaban J connectivity index is 2.76. The van der Waals surface area contributed by atoms with Crippen LogP contribution in [0.25, 0.3) is 0 Å². The molecule has 1 fully saturated rings. The molecule has 1 aliphatic rings. The second kappa shape index (κ2) is 5.13. The van der Waals surface area contributed by atoms with Gasteiger partial charge in [0.05, 0.1) is 25.2 Å². The number of carbonyl (C=O) groups excluding carboxylic acids is 1. The van der Waals surface area contributed by atoms with Crippen molar-refractivity contribution >= 4 is 5.91 Å². The molecule has 1 saturated heterocycles. The minimum atomic E-state index is -1.01. The molecule has 106 valence electrons. The lowest BCUT2D eigenvalue weighted by atomic mass is 9.82. The van der Waals surface area contributed by atoms with Gasteiger partial charge in [0.2, 0.25) is 0 Å². The van der Waals surface area contributed by atoms with Gasteiger partial charge in [-0.05, 0) is 27.7 Å². The van der Waals surface area contributed by atoms with Gasteiger partial charge in [-0.3, -0.25) is 9.63 Å². The Kier molecular flexibility index (Phi) is 4.38. The average Bonchev–Trinajstić information content (AvgIpc) is 2.66. The van der Waals surface area contributed by atoms with Gasteiger partial charge in [-0.1, -0.05) is 0 Å².